The van der Waals surface area contributed by atoms with Gasteiger partial charge in [0.1, 0.15) is 11.3 Å². The first kappa shape index (κ1) is 21.9. The number of nitrogens with one attached hydrogen (secondary N) is 1. The molecule has 2 saturated heterocycles. The average molecular weight is 487 g/mol. The maximum atomic E-state index is 13.3. The highest BCUT2D eigenvalue weighted by Gasteiger charge is 2.37. The number of aromatic nitrogens is 3. The molecule has 2 amide bonds. The molecule has 6 rings (SSSR count). The molecule has 2 aromatic heterocycles. The number of fused-ring (bicyclic) bond motifs is 1. The van der Waals surface area contributed by atoms with Gasteiger partial charge in [0.15, 0.2) is 5.01 Å². The van der Waals surface area contributed by atoms with Gasteiger partial charge in [-0.25, -0.2) is 9.97 Å². The van der Waals surface area contributed by atoms with Gasteiger partial charge >= 0.3 is 0 Å². The van der Waals surface area contributed by atoms with Crippen LogP contribution < -0.4 is 0 Å². The van der Waals surface area contributed by atoms with Gasteiger partial charge in [0.2, 0.25) is 0 Å². The minimum absolute atomic E-state index is 0.0174. The number of rotatable bonds is 5. The summed E-state index contributed by atoms with van der Waals surface area (Å²) in [6.45, 7) is 4.44. The van der Waals surface area contributed by atoms with Crippen molar-refractivity contribution in [2.45, 2.75) is 12.5 Å². The molecular weight excluding hydrogens is 460 g/mol. The lowest BCUT2D eigenvalue weighted by molar-refractivity contribution is 0.00863. The number of para-hydroxylation sites is 1. The van der Waals surface area contributed by atoms with Crippen LogP contribution in [0.15, 0.2) is 60.1 Å². The molecule has 0 spiro atoms. The number of benzene rings is 2. The van der Waals surface area contributed by atoms with E-state index in [4.69, 9.17) is 4.98 Å². The molecule has 2 fully saturated rings. The highest BCUT2D eigenvalue weighted by atomic mass is 32.1. The van der Waals surface area contributed by atoms with E-state index in [2.05, 4.69) is 27.0 Å². The smallest absolute Gasteiger partial charge is 0.282 e. The van der Waals surface area contributed by atoms with E-state index in [1.807, 2.05) is 51.6 Å². The number of H-pyrrole nitrogens is 1. The minimum atomic E-state index is 0.0174. The van der Waals surface area contributed by atoms with Crippen molar-refractivity contribution in [1.82, 2.24) is 29.7 Å². The normalized spacial score (nSPS) is 17.0. The molecule has 35 heavy (non-hydrogen) atoms. The molecule has 4 aromatic rings. The van der Waals surface area contributed by atoms with Crippen LogP contribution in [0.2, 0.25) is 0 Å². The molecule has 9 heteroatoms. The summed E-state index contributed by atoms with van der Waals surface area (Å²) in [6.07, 6.45) is 2.37. The van der Waals surface area contributed by atoms with E-state index in [-0.39, 0.29) is 11.8 Å². The van der Waals surface area contributed by atoms with Crippen molar-refractivity contribution >= 4 is 34.2 Å². The fourth-order valence-corrected chi connectivity index (χ4v) is 5.51. The standard InChI is InChI=1S/C26H26N6O2S/c33-25(20-7-4-8-21-23(20)29-22(28-21)15-18-5-2-1-3-6-18)32-16-19(17-32)30-10-12-31(13-11-30)26(34)24-27-9-14-35-24/h1-9,14,19H,10-13,15-17H2,(H,28,29). The van der Waals surface area contributed by atoms with Gasteiger partial charge < -0.3 is 14.8 Å². The van der Waals surface area contributed by atoms with Crippen molar-refractivity contribution in [3.05, 3.63) is 82.1 Å². The molecule has 0 saturated carbocycles. The van der Waals surface area contributed by atoms with E-state index in [9.17, 15) is 9.59 Å². The second-order valence-corrected chi connectivity index (χ2v) is 9.97. The Morgan fingerprint density at radius 3 is 2.49 bits per heavy atom. The second-order valence-electron chi connectivity index (χ2n) is 9.08. The SMILES string of the molecule is O=C(c1nccs1)N1CCN(C2CN(C(=O)c3cccc4[nH]c(Cc5ccccc5)nc34)C2)CC1. The third-order valence-corrected chi connectivity index (χ3v) is 7.65. The molecule has 4 heterocycles. The van der Waals surface area contributed by atoms with Crippen LogP contribution in [0.3, 0.4) is 0 Å². The monoisotopic (exact) mass is 486 g/mol. The molecule has 0 atom stereocenters. The van der Waals surface area contributed by atoms with E-state index < -0.39 is 0 Å². The number of nitrogens with zero attached hydrogens (tertiary/aromatic N) is 5. The molecule has 178 valence electrons. The first-order valence-electron chi connectivity index (χ1n) is 11.9. The highest BCUT2D eigenvalue weighted by molar-refractivity contribution is 7.11. The second kappa shape index (κ2) is 9.24. The van der Waals surface area contributed by atoms with Crippen LogP contribution in [0.1, 0.15) is 31.5 Å². The van der Waals surface area contributed by atoms with Crippen LogP contribution >= 0.6 is 11.3 Å². The lowest BCUT2D eigenvalue weighted by Crippen LogP contribution is -2.64. The number of hydrogen-bond acceptors (Lipinski definition) is 6. The van der Waals surface area contributed by atoms with Crippen LogP contribution in [-0.2, 0) is 6.42 Å². The van der Waals surface area contributed by atoms with Gasteiger partial charge in [-0.2, -0.15) is 0 Å². The van der Waals surface area contributed by atoms with Crippen molar-refractivity contribution in [2.75, 3.05) is 39.3 Å². The van der Waals surface area contributed by atoms with Crippen LogP contribution in [-0.4, -0.2) is 86.8 Å². The Kier molecular flexibility index (Phi) is 5.79. The number of thiazole rings is 1. The lowest BCUT2D eigenvalue weighted by Gasteiger charge is -2.48. The van der Waals surface area contributed by atoms with Crippen LogP contribution in [0.5, 0.6) is 0 Å². The lowest BCUT2D eigenvalue weighted by atomic mass is 10.0. The fraction of sp³-hybridized carbons (Fsp3) is 0.308. The zero-order valence-electron chi connectivity index (χ0n) is 19.3. The van der Waals surface area contributed by atoms with Crippen molar-refractivity contribution in [3.8, 4) is 0 Å². The van der Waals surface area contributed by atoms with Crippen molar-refractivity contribution in [1.29, 1.82) is 0 Å². The summed E-state index contributed by atoms with van der Waals surface area (Å²) >= 11 is 1.38. The van der Waals surface area contributed by atoms with E-state index in [0.29, 0.717) is 49.2 Å². The third kappa shape index (κ3) is 4.33. The Morgan fingerprint density at radius 2 is 1.74 bits per heavy atom. The first-order chi connectivity index (χ1) is 17.2. The maximum absolute atomic E-state index is 13.3. The van der Waals surface area contributed by atoms with Gasteiger partial charge in [-0.15, -0.1) is 11.3 Å². The number of piperazine rings is 1. The van der Waals surface area contributed by atoms with Crippen LogP contribution in [0.4, 0.5) is 0 Å². The van der Waals surface area contributed by atoms with E-state index in [1.54, 1.807) is 6.20 Å². The summed E-state index contributed by atoms with van der Waals surface area (Å²) in [5, 5.41) is 2.38. The Bertz CT molecular complexity index is 1340. The predicted octanol–water partition coefficient (Wildman–Crippen LogP) is 2.89. The van der Waals surface area contributed by atoms with Gasteiger partial charge in [0, 0.05) is 63.3 Å². The van der Waals surface area contributed by atoms with Crippen LogP contribution in [0.25, 0.3) is 11.0 Å². The molecule has 2 aliphatic rings. The molecule has 0 unspecified atom stereocenters. The molecule has 0 aliphatic carbocycles. The fourth-order valence-electron chi connectivity index (χ4n) is 4.91. The number of amides is 2. The molecule has 0 bridgehead atoms. The van der Waals surface area contributed by atoms with Crippen molar-refractivity contribution in [3.63, 3.8) is 0 Å². The van der Waals surface area contributed by atoms with Gasteiger partial charge in [-0.1, -0.05) is 36.4 Å². The number of likely N-dealkylation sites (tertiary alicyclic amines) is 1. The van der Waals surface area contributed by atoms with Crippen molar-refractivity contribution in [2.24, 2.45) is 0 Å². The quantitative estimate of drug-likeness (QED) is 0.469. The Labute approximate surface area is 207 Å². The van der Waals surface area contributed by atoms with Gasteiger partial charge in [-0.05, 0) is 17.7 Å². The molecule has 2 aromatic carbocycles. The Morgan fingerprint density at radius 1 is 0.943 bits per heavy atom. The highest BCUT2D eigenvalue weighted by Crippen LogP contribution is 2.24. The molecule has 8 nitrogen and oxygen atoms in total. The number of aromatic amines is 1. The summed E-state index contributed by atoms with van der Waals surface area (Å²) in [6, 6.07) is 16.3. The summed E-state index contributed by atoms with van der Waals surface area (Å²) < 4.78 is 0. The zero-order valence-corrected chi connectivity index (χ0v) is 20.1. The topological polar surface area (TPSA) is 85.4 Å². The van der Waals surface area contributed by atoms with Gasteiger partial charge in [0.05, 0.1) is 11.1 Å². The summed E-state index contributed by atoms with van der Waals surface area (Å²) in [7, 11) is 0. The number of carbonyl (C=O) groups is 2. The summed E-state index contributed by atoms with van der Waals surface area (Å²) in [5.41, 5.74) is 3.45. The number of carbonyl (C=O) groups excluding carboxylic acids is 2. The Balaban J connectivity index is 1.07. The van der Waals surface area contributed by atoms with E-state index >= 15 is 0 Å². The Hall–Kier alpha value is -3.56. The van der Waals surface area contributed by atoms with Crippen LogP contribution in [0, 0.1) is 0 Å². The maximum Gasteiger partial charge on any atom is 0.282 e. The molecule has 0 radical (unpaired) electrons. The average Bonchev–Trinajstić information content (AvgIpc) is 3.53. The summed E-state index contributed by atoms with van der Waals surface area (Å²) in [5.74, 6) is 0.907. The minimum Gasteiger partial charge on any atom is -0.342 e. The molecule has 1 N–H and O–H groups in total. The molecule has 2 aliphatic heterocycles. The molecular formula is C26H26N6O2S. The number of hydrogen-bond donors (Lipinski definition) is 1. The third-order valence-electron chi connectivity index (χ3n) is 6.89. The number of imidazole rings is 1. The first-order valence-corrected chi connectivity index (χ1v) is 12.8. The van der Waals surface area contributed by atoms with Gasteiger partial charge in [-0.3, -0.25) is 14.5 Å². The predicted molar refractivity (Wildman–Crippen MR) is 135 cm³/mol. The van der Waals surface area contributed by atoms with Crippen molar-refractivity contribution < 1.29 is 9.59 Å². The van der Waals surface area contributed by atoms with E-state index in [1.165, 1.54) is 16.9 Å². The summed E-state index contributed by atoms with van der Waals surface area (Å²) in [4.78, 5) is 44.3. The van der Waals surface area contributed by atoms with E-state index in [0.717, 1.165) is 29.9 Å². The zero-order chi connectivity index (χ0) is 23.8. The van der Waals surface area contributed by atoms with Gasteiger partial charge in [0.25, 0.3) is 11.8 Å². The largest absolute Gasteiger partial charge is 0.342 e.